The van der Waals surface area contributed by atoms with Crippen molar-refractivity contribution < 1.29 is 14.6 Å². The van der Waals surface area contributed by atoms with Gasteiger partial charge in [0.1, 0.15) is 0 Å². The second kappa shape index (κ2) is 4.44. The highest BCUT2D eigenvalue weighted by molar-refractivity contribution is 5.81. The van der Waals surface area contributed by atoms with Crippen molar-refractivity contribution in [3.05, 3.63) is 0 Å². The lowest BCUT2D eigenvalue weighted by Crippen LogP contribution is -2.72. The Balaban J connectivity index is 2.12. The van der Waals surface area contributed by atoms with Crippen LogP contribution in [0, 0.1) is 10.8 Å². The van der Waals surface area contributed by atoms with Gasteiger partial charge in [-0.15, -0.1) is 0 Å². The fraction of sp³-hybridized carbons (Fsp3) is 0.938. The number of piperidine rings is 1. The highest BCUT2D eigenvalue weighted by Crippen LogP contribution is 2.65. The summed E-state index contributed by atoms with van der Waals surface area (Å²) in [4.78, 5) is 14.2. The molecule has 0 unspecified atom stereocenters. The van der Waals surface area contributed by atoms with Gasteiger partial charge in [0.15, 0.2) is 5.72 Å². The summed E-state index contributed by atoms with van der Waals surface area (Å²) in [6.45, 7) is 7.57. The molecule has 114 valence electrons. The third-order valence-electron chi connectivity index (χ3n) is 6.35. The first-order valence-electron chi connectivity index (χ1n) is 8.09. The quantitative estimate of drug-likeness (QED) is 0.863. The molecule has 1 aliphatic carbocycles. The molecule has 0 spiro atoms. The van der Waals surface area contributed by atoms with Crippen molar-refractivity contribution in [1.29, 1.82) is 0 Å². The van der Waals surface area contributed by atoms with E-state index in [0.717, 1.165) is 32.1 Å². The van der Waals surface area contributed by atoms with Crippen LogP contribution >= 0.6 is 0 Å². The van der Waals surface area contributed by atoms with Gasteiger partial charge in [0, 0.05) is 30.4 Å². The minimum atomic E-state index is -1.01. The minimum absolute atomic E-state index is 0.0734. The van der Waals surface area contributed by atoms with Gasteiger partial charge in [0.05, 0.1) is 6.10 Å². The molecule has 0 aromatic carbocycles. The highest BCUT2D eigenvalue weighted by Gasteiger charge is 2.73. The second-order valence-electron chi connectivity index (χ2n) is 7.05. The van der Waals surface area contributed by atoms with E-state index in [1.165, 1.54) is 0 Å². The molecule has 0 aromatic rings. The summed E-state index contributed by atoms with van der Waals surface area (Å²) in [6.07, 6.45) is 5.27. The van der Waals surface area contributed by atoms with Crippen LogP contribution in [-0.4, -0.2) is 40.9 Å². The Labute approximate surface area is 121 Å². The molecule has 4 nitrogen and oxygen atoms in total. The third kappa shape index (κ3) is 1.42. The number of nitrogens with zero attached hydrogens (tertiary/aromatic N) is 1. The Kier molecular flexibility index (Phi) is 3.18. The van der Waals surface area contributed by atoms with Crippen molar-refractivity contribution in [2.24, 2.45) is 10.8 Å². The van der Waals surface area contributed by atoms with E-state index in [2.05, 4.69) is 13.8 Å². The molecule has 4 heteroatoms. The van der Waals surface area contributed by atoms with E-state index in [1.807, 2.05) is 6.92 Å². The average molecular weight is 281 g/mol. The van der Waals surface area contributed by atoms with E-state index in [4.69, 9.17) is 4.74 Å². The molecule has 2 aliphatic heterocycles. The molecule has 2 saturated heterocycles. The largest absolute Gasteiger partial charge is 0.378 e. The molecule has 0 radical (unpaired) electrons. The van der Waals surface area contributed by atoms with Gasteiger partial charge in [-0.25, -0.2) is 0 Å². The van der Waals surface area contributed by atoms with Crippen LogP contribution < -0.4 is 0 Å². The van der Waals surface area contributed by atoms with Crippen molar-refractivity contribution in [3.63, 3.8) is 0 Å². The molecule has 3 aliphatic rings. The molecule has 1 saturated carbocycles. The molecular formula is C16H27NO3. The number of amides is 1. The molecule has 0 aromatic heterocycles. The fourth-order valence-electron chi connectivity index (χ4n) is 5.45. The average Bonchev–Trinajstić information content (AvgIpc) is 2.60. The third-order valence-corrected chi connectivity index (χ3v) is 6.35. The summed E-state index contributed by atoms with van der Waals surface area (Å²) in [5, 5.41) is 11.7. The van der Waals surface area contributed by atoms with Crippen LogP contribution in [0.3, 0.4) is 0 Å². The first-order chi connectivity index (χ1) is 9.45. The van der Waals surface area contributed by atoms with Crippen LogP contribution in [0.25, 0.3) is 0 Å². The first kappa shape index (κ1) is 14.3. The first-order valence-corrected chi connectivity index (χ1v) is 8.09. The summed E-state index contributed by atoms with van der Waals surface area (Å²) >= 11 is 0. The van der Waals surface area contributed by atoms with E-state index in [1.54, 1.807) is 4.90 Å². The Morgan fingerprint density at radius 1 is 1.40 bits per heavy atom. The molecule has 20 heavy (non-hydrogen) atoms. The second-order valence-corrected chi connectivity index (χ2v) is 7.05. The molecule has 3 fully saturated rings. The van der Waals surface area contributed by atoms with Crippen molar-refractivity contribution in [2.45, 2.75) is 71.1 Å². The number of ether oxygens (including phenoxy) is 1. The number of carbonyl (C=O) groups is 1. The summed E-state index contributed by atoms with van der Waals surface area (Å²) in [5.74, 6) is 0.129. The molecule has 4 atom stereocenters. The monoisotopic (exact) mass is 281 g/mol. The molecule has 1 N–H and O–H groups in total. The molecule has 2 heterocycles. The Bertz CT molecular complexity index is 426. The van der Waals surface area contributed by atoms with Gasteiger partial charge >= 0.3 is 0 Å². The van der Waals surface area contributed by atoms with E-state index in [9.17, 15) is 9.90 Å². The van der Waals surface area contributed by atoms with Crippen LogP contribution in [0.4, 0.5) is 0 Å². The van der Waals surface area contributed by atoms with Crippen LogP contribution in [0.1, 0.15) is 59.3 Å². The predicted octanol–water partition coefficient (Wildman–Crippen LogP) is 2.30. The summed E-state index contributed by atoms with van der Waals surface area (Å²) in [7, 11) is 0. The van der Waals surface area contributed by atoms with Crippen LogP contribution in [0.2, 0.25) is 0 Å². The normalized spacial score (nSPS) is 47.5. The van der Waals surface area contributed by atoms with Gasteiger partial charge in [-0.3, -0.25) is 4.79 Å². The standard InChI is InChI=1S/C16H27NO3/c1-4-15-9-6-8-14(3)11-13(18)17(16(14,15)19)10-7-12(15)20-5-2/h12,19H,4-11H2,1-3H3/t12-,14-,15-,16-/m1/s1. The maximum atomic E-state index is 12.4. The topological polar surface area (TPSA) is 49.8 Å². The van der Waals surface area contributed by atoms with Gasteiger partial charge in [-0.05, 0) is 32.6 Å². The van der Waals surface area contributed by atoms with E-state index in [-0.39, 0.29) is 22.8 Å². The van der Waals surface area contributed by atoms with Crippen molar-refractivity contribution in [1.82, 2.24) is 4.90 Å². The lowest BCUT2D eigenvalue weighted by molar-refractivity contribution is -0.301. The smallest absolute Gasteiger partial charge is 0.225 e. The number of rotatable bonds is 3. The number of hydrogen-bond acceptors (Lipinski definition) is 3. The van der Waals surface area contributed by atoms with E-state index in [0.29, 0.717) is 19.6 Å². The summed E-state index contributed by atoms with van der Waals surface area (Å²) in [6, 6.07) is 0. The van der Waals surface area contributed by atoms with Crippen molar-refractivity contribution in [3.8, 4) is 0 Å². The maximum Gasteiger partial charge on any atom is 0.225 e. The SMILES string of the molecule is CCO[C@@H]1CCN2C(=O)C[C@@]3(C)CCC[C@@]1(CC)[C@@]23O. The summed E-state index contributed by atoms with van der Waals surface area (Å²) in [5.41, 5.74) is -1.61. The lowest BCUT2D eigenvalue weighted by Gasteiger charge is -2.63. The van der Waals surface area contributed by atoms with Crippen LogP contribution in [0.5, 0.6) is 0 Å². The van der Waals surface area contributed by atoms with Gasteiger partial charge in [0.2, 0.25) is 5.91 Å². The Morgan fingerprint density at radius 3 is 2.80 bits per heavy atom. The molecule has 3 rings (SSSR count). The maximum absolute atomic E-state index is 12.4. The number of hydrogen-bond donors (Lipinski definition) is 1. The van der Waals surface area contributed by atoms with Gasteiger partial charge in [0.25, 0.3) is 0 Å². The minimum Gasteiger partial charge on any atom is -0.378 e. The predicted molar refractivity (Wildman–Crippen MR) is 76.0 cm³/mol. The Morgan fingerprint density at radius 2 is 2.15 bits per heavy atom. The van der Waals surface area contributed by atoms with Crippen LogP contribution in [-0.2, 0) is 9.53 Å². The lowest BCUT2D eigenvalue weighted by atomic mass is 9.52. The number of carbonyl (C=O) groups excluding carboxylic acids is 1. The van der Waals surface area contributed by atoms with Gasteiger partial charge in [-0.1, -0.05) is 20.3 Å². The summed E-state index contributed by atoms with van der Waals surface area (Å²) < 4.78 is 6.02. The molecule has 1 amide bonds. The van der Waals surface area contributed by atoms with Gasteiger partial charge in [-0.2, -0.15) is 0 Å². The highest BCUT2D eigenvalue weighted by atomic mass is 16.5. The molecule has 0 bridgehead atoms. The van der Waals surface area contributed by atoms with E-state index >= 15 is 0 Å². The van der Waals surface area contributed by atoms with Crippen molar-refractivity contribution >= 4 is 5.91 Å². The Hall–Kier alpha value is -0.610. The van der Waals surface area contributed by atoms with Gasteiger partial charge < -0.3 is 14.7 Å². The fourth-order valence-corrected chi connectivity index (χ4v) is 5.45. The zero-order valence-corrected chi connectivity index (χ0v) is 12.9. The number of aliphatic hydroxyl groups is 1. The van der Waals surface area contributed by atoms with Crippen LogP contribution in [0.15, 0.2) is 0 Å². The zero-order valence-electron chi connectivity index (χ0n) is 12.9. The molecular weight excluding hydrogens is 254 g/mol. The van der Waals surface area contributed by atoms with E-state index < -0.39 is 5.72 Å². The van der Waals surface area contributed by atoms with Crippen molar-refractivity contribution in [2.75, 3.05) is 13.2 Å². The zero-order chi connectivity index (χ0) is 14.6.